The number of rotatable bonds is 5. The van der Waals surface area contributed by atoms with Gasteiger partial charge in [-0.2, -0.15) is 0 Å². The van der Waals surface area contributed by atoms with Crippen LogP contribution in [-0.4, -0.2) is 10.7 Å². The lowest BCUT2D eigenvalue weighted by atomic mass is 9.94. The van der Waals surface area contributed by atoms with E-state index in [4.69, 9.17) is 18.6 Å². The Kier molecular flexibility index (Phi) is 5.67. The molecule has 0 saturated heterocycles. The van der Waals surface area contributed by atoms with Crippen LogP contribution in [0.3, 0.4) is 0 Å². The van der Waals surface area contributed by atoms with Gasteiger partial charge in [-0.3, -0.25) is 0 Å². The molecule has 0 fully saturated rings. The van der Waals surface area contributed by atoms with E-state index < -0.39 is 0 Å². The van der Waals surface area contributed by atoms with E-state index in [0.29, 0.717) is 11.7 Å². The molecule has 0 unspecified atom stereocenters. The predicted octanol–water partition coefficient (Wildman–Crippen LogP) is 2.84. The summed E-state index contributed by atoms with van der Waals surface area (Å²) in [6.07, 6.45) is 7.29. The topological polar surface area (TPSA) is 24.1 Å². The zero-order valence-corrected chi connectivity index (χ0v) is 11.8. The number of terminal acetylenes is 1. The summed E-state index contributed by atoms with van der Waals surface area (Å²) in [4.78, 5) is 0. The largest absolute Gasteiger partial charge is 0.359 e. The number of hydrogen-bond donors (Lipinski definition) is 2. The molecule has 1 aromatic rings. The summed E-state index contributed by atoms with van der Waals surface area (Å²) < 4.78 is 0. The molecule has 0 amide bonds. The van der Waals surface area contributed by atoms with Crippen molar-refractivity contribution in [3.8, 4) is 12.3 Å². The third-order valence-corrected chi connectivity index (χ3v) is 3.38. The van der Waals surface area contributed by atoms with Crippen molar-refractivity contribution >= 4 is 17.3 Å². The first kappa shape index (κ1) is 14.5. The van der Waals surface area contributed by atoms with Crippen LogP contribution in [0, 0.1) is 12.3 Å². The van der Waals surface area contributed by atoms with Gasteiger partial charge in [0.2, 0.25) is 0 Å². The van der Waals surface area contributed by atoms with Crippen LogP contribution in [0.1, 0.15) is 32.3 Å². The third kappa shape index (κ3) is 4.05. The molecule has 0 radical (unpaired) electrons. The summed E-state index contributed by atoms with van der Waals surface area (Å²) >= 11 is 5.28. The second kappa shape index (κ2) is 7.03. The van der Waals surface area contributed by atoms with Crippen LogP contribution in [0.5, 0.6) is 0 Å². The fourth-order valence-corrected chi connectivity index (χ4v) is 1.97. The lowest BCUT2D eigenvalue weighted by molar-refractivity contribution is 0.456. The summed E-state index contributed by atoms with van der Waals surface area (Å²) in [5.41, 5.74) is 0.863. The van der Waals surface area contributed by atoms with Crippen molar-refractivity contribution in [2.24, 2.45) is 0 Å². The number of nitrogens with one attached hydrogen (secondary N) is 2. The van der Waals surface area contributed by atoms with E-state index in [1.807, 2.05) is 18.2 Å². The summed E-state index contributed by atoms with van der Waals surface area (Å²) in [6, 6.07) is 10.1. The van der Waals surface area contributed by atoms with Gasteiger partial charge in [0.1, 0.15) is 0 Å². The SMILES string of the molecule is C#CC(CC)(CC)NC(=S)NCc1ccccc1. The fraction of sp³-hybridized carbons (Fsp3) is 0.400. The van der Waals surface area contributed by atoms with Crippen molar-refractivity contribution < 1.29 is 0 Å². The van der Waals surface area contributed by atoms with Gasteiger partial charge in [0.15, 0.2) is 5.11 Å². The maximum Gasteiger partial charge on any atom is 0.167 e. The monoisotopic (exact) mass is 260 g/mol. The van der Waals surface area contributed by atoms with Crippen molar-refractivity contribution in [1.82, 2.24) is 10.6 Å². The maximum absolute atomic E-state index is 5.58. The molecule has 0 bridgehead atoms. The van der Waals surface area contributed by atoms with Crippen LogP contribution >= 0.6 is 12.2 Å². The lowest BCUT2D eigenvalue weighted by Crippen LogP contribution is -2.50. The van der Waals surface area contributed by atoms with Gasteiger partial charge < -0.3 is 10.6 Å². The second-order valence-corrected chi connectivity index (χ2v) is 4.64. The van der Waals surface area contributed by atoms with Gasteiger partial charge >= 0.3 is 0 Å². The highest BCUT2D eigenvalue weighted by molar-refractivity contribution is 7.80. The molecular weight excluding hydrogens is 240 g/mol. The van der Waals surface area contributed by atoms with Crippen LogP contribution in [0.2, 0.25) is 0 Å². The molecule has 0 heterocycles. The molecule has 2 N–H and O–H groups in total. The quantitative estimate of drug-likeness (QED) is 0.629. The molecule has 0 spiro atoms. The molecule has 0 aromatic heterocycles. The van der Waals surface area contributed by atoms with Crippen LogP contribution in [-0.2, 0) is 6.54 Å². The van der Waals surface area contributed by atoms with Gasteiger partial charge in [-0.15, -0.1) is 6.42 Å². The lowest BCUT2D eigenvalue weighted by Gasteiger charge is -2.28. The Morgan fingerprint density at radius 2 is 1.89 bits per heavy atom. The Morgan fingerprint density at radius 1 is 1.28 bits per heavy atom. The fourth-order valence-electron chi connectivity index (χ4n) is 1.71. The Bertz CT molecular complexity index is 416. The Morgan fingerprint density at radius 3 is 2.39 bits per heavy atom. The first-order chi connectivity index (χ1) is 8.65. The summed E-state index contributed by atoms with van der Waals surface area (Å²) in [7, 11) is 0. The van der Waals surface area contributed by atoms with Crippen LogP contribution < -0.4 is 10.6 Å². The molecule has 0 aliphatic rings. The van der Waals surface area contributed by atoms with Crippen molar-refractivity contribution in [1.29, 1.82) is 0 Å². The van der Waals surface area contributed by atoms with Crippen LogP contribution in [0.25, 0.3) is 0 Å². The molecule has 0 aliphatic heterocycles. The van der Waals surface area contributed by atoms with Crippen molar-refractivity contribution in [2.75, 3.05) is 0 Å². The van der Waals surface area contributed by atoms with Gasteiger partial charge in [-0.25, -0.2) is 0 Å². The number of hydrogen-bond acceptors (Lipinski definition) is 1. The molecular formula is C15H20N2S. The van der Waals surface area contributed by atoms with Crippen molar-refractivity contribution in [3.05, 3.63) is 35.9 Å². The zero-order valence-electron chi connectivity index (χ0n) is 11.0. The maximum atomic E-state index is 5.58. The first-order valence-corrected chi connectivity index (χ1v) is 6.64. The molecule has 0 aliphatic carbocycles. The molecule has 96 valence electrons. The number of benzene rings is 1. The molecule has 0 atom stereocenters. The van der Waals surface area contributed by atoms with Gasteiger partial charge in [0, 0.05) is 6.54 Å². The number of thiocarbonyl (C=S) groups is 1. The van der Waals surface area contributed by atoms with E-state index in [2.05, 4.69) is 42.5 Å². The predicted molar refractivity (Wildman–Crippen MR) is 81.2 cm³/mol. The second-order valence-electron chi connectivity index (χ2n) is 4.23. The van der Waals surface area contributed by atoms with Gasteiger partial charge in [0.25, 0.3) is 0 Å². The molecule has 1 aromatic carbocycles. The molecule has 3 heteroatoms. The van der Waals surface area contributed by atoms with E-state index in [1.165, 1.54) is 5.56 Å². The van der Waals surface area contributed by atoms with Crippen molar-refractivity contribution in [3.63, 3.8) is 0 Å². The minimum atomic E-state index is -0.333. The Labute approximate surface area is 115 Å². The van der Waals surface area contributed by atoms with Gasteiger partial charge in [-0.05, 0) is 30.6 Å². The summed E-state index contributed by atoms with van der Waals surface area (Å²) in [6.45, 7) is 4.84. The molecule has 2 nitrogen and oxygen atoms in total. The van der Waals surface area contributed by atoms with E-state index in [9.17, 15) is 0 Å². The van der Waals surface area contributed by atoms with Crippen LogP contribution in [0.15, 0.2) is 30.3 Å². The zero-order chi connectivity index (χ0) is 13.4. The van der Waals surface area contributed by atoms with E-state index >= 15 is 0 Å². The van der Waals surface area contributed by atoms with E-state index in [-0.39, 0.29) is 5.54 Å². The summed E-state index contributed by atoms with van der Waals surface area (Å²) in [5, 5.41) is 7.03. The highest BCUT2D eigenvalue weighted by atomic mass is 32.1. The third-order valence-electron chi connectivity index (χ3n) is 3.13. The highest BCUT2D eigenvalue weighted by Gasteiger charge is 2.23. The van der Waals surface area contributed by atoms with Crippen molar-refractivity contribution in [2.45, 2.75) is 38.8 Å². The summed E-state index contributed by atoms with van der Waals surface area (Å²) in [5.74, 6) is 2.81. The smallest absolute Gasteiger partial charge is 0.167 e. The molecule has 18 heavy (non-hydrogen) atoms. The van der Waals surface area contributed by atoms with Crippen LogP contribution in [0.4, 0.5) is 0 Å². The molecule has 1 rings (SSSR count). The van der Waals surface area contributed by atoms with Gasteiger partial charge in [0.05, 0.1) is 5.54 Å². The highest BCUT2D eigenvalue weighted by Crippen LogP contribution is 2.13. The minimum Gasteiger partial charge on any atom is -0.359 e. The average Bonchev–Trinajstić information content (AvgIpc) is 2.44. The first-order valence-electron chi connectivity index (χ1n) is 6.23. The Hall–Kier alpha value is -1.53. The standard InChI is InChI=1S/C15H20N2S/c1-4-15(5-2,6-3)17-14(18)16-12-13-10-8-7-9-11-13/h1,7-11H,5-6,12H2,2-3H3,(H2,16,17,18). The van der Waals surface area contributed by atoms with E-state index in [0.717, 1.165) is 12.8 Å². The average molecular weight is 260 g/mol. The Balaban J connectivity index is 2.50. The minimum absolute atomic E-state index is 0.333. The normalized spacial score (nSPS) is 10.5. The molecule has 0 saturated carbocycles. The van der Waals surface area contributed by atoms with Gasteiger partial charge in [-0.1, -0.05) is 50.1 Å². The van der Waals surface area contributed by atoms with E-state index in [1.54, 1.807) is 0 Å².